The van der Waals surface area contributed by atoms with Crippen molar-refractivity contribution >= 4 is 11.9 Å². The van der Waals surface area contributed by atoms with Crippen LogP contribution in [-0.2, 0) is 15.9 Å². The maximum absolute atomic E-state index is 12.8. The van der Waals surface area contributed by atoms with Gasteiger partial charge in [0.1, 0.15) is 5.69 Å². The fourth-order valence-corrected chi connectivity index (χ4v) is 3.68. The van der Waals surface area contributed by atoms with Crippen LogP contribution in [0.4, 0.5) is 0 Å². The summed E-state index contributed by atoms with van der Waals surface area (Å²) in [6, 6.07) is 0.277. The van der Waals surface area contributed by atoms with E-state index in [0.29, 0.717) is 35.7 Å². The van der Waals surface area contributed by atoms with E-state index in [1.807, 2.05) is 6.92 Å². The highest BCUT2D eigenvalue weighted by Crippen LogP contribution is 2.20. The summed E-state index contributed by atoms with van der Waals surface area (Å²) < 4.78 is 10.3. The summed E-state index contributed by atoms with van der Waals surface area (Å²) in [5.41, 5.74) is 2.29. The number of hydrogen-bond acceptors (Lipinski definition) is 5. The molecular formula is C20H33N3O4. The largest absolute Gasteiger partial charge is 0.465 e. The molecule has 0 radical (unpaired) electrons. The van der Waals surface area contributed by atoms with Gasteiger partial charge in [0.05, 0.1) is 25.9 Å². The number of methoxy groups -OCH3 is 1. The van der Waals surface area contributed by atoms with Gasteiger partial charge in [-0.25, -0.2) is 4.79 Å². The summed E-state index contributed by atoms with van der Waals surface area (Å²) in [4.78, 5) is 30.3. The minimum absolute atomic E-state index is 0.181. The van der Waals surface area contributed by atoms with E-state index in [-0.39, 0.29) is 11.9 Å². The van der Waals surface area contributed by atoms with E-state index in [2.05, 4.69) is 29.0 Å². The molecule has 1 amide bonds. The van der Waals surface area contributed by atoms with Gasteiger partial charge in [0.15, 0.2) is 0 Å². The van der Waals surface area contributed by atoms with Crippen molar-refractivity contribution < 1.29 is 19.1 Å². The first-order valence-corrected chi connectivity index (χ1v) is 9.78. The zero-order chi connectivity index (χ0) is 20.0. The summed E-state index contributed by atoms with van der Waals surface area (Å²) in [6.07, 6.45) is 1.64. The number of hydrogen-bond donors (Lipinski definition) is 2. The molecule has 1 aromatic heterocycles. The zero-order valence-corrected chi connectivity index (χ0v) is 17.2. The summed E-state index contributed by atoms with van der Waals surface area (Å²) >= 11 is 0. The number of rotatable bonds is 8. The number of carbonyl (C=O) groups is 2. The Morgan fingerprint density at radius 3 is 2.52 bits per heavy atom. The maximum Gasteiger partial charge on any atom is 0.339 e. The number of esters is 1. The molecule has 152 valence electrons. The van der Waals surface area contributed by atoms with Gasteiger partial charge in [-0.15, -0.1) is 0 Å². The number of H-pyrrole nitrogens is 1. The van der Waals surface area contributed by atoms with Gasteiger partial charge in [-0.05, 0) is 31.2 Å². The lowest BCUT2D eigenvalue weighted by Crippen LogP contribution is -2.49. The van der Waals surface area contributed by atoms with Gasteiger partial charge in [0.25, 0.3) is 5.91 Å². The number of ether oxygens (including phenoxy) is 2. The summed E-state index contributed by atoms with van der Waals surface area (Å²) in [5, 5.41) is 3.06. The van der Waals surface area contributed by atoms with Crippen molar-refractivity contribution in [2.24, 2.45) is 5.92 Å². The molecule has 2 heterocycles. The Kier molecular flexibility index (Phi) is 7.86. The molecule has 7 nitrogen and oxygen atoms in total. The number of carbonyl (C=O) groups excluding carboxylic acids is 2. The number of nitrogens with one attached hydrogen (secondary N) is 2. The third-order valence-electron chi connectivity index (χ3n) is 5.10. The Balaban J connectivity index is 2.10. The van der Waals surface area contributed by atoms with Gasteiger partial charge in [0.2, 0.25) is 0 Å². The molecule has 1 saturated heterocycles. The molecule has 0 saturated carbocycles. The second-order valence-electron chi connectivity index (χ2n) is 7.47. The summed E-state index contributed by atoms with van der Waals surface area (Å²) in [7, 11) is 1.35. The van der Waals surface area contributed by atoms with Crippen LogP contribution in [-0.4, -0.2) is 67.8 Å². The lowest BCUT2D eigenvalue weighted by Gasteiger charge is -2.35. The molecule has 0 unspecified atom stereocenters. The monoisotopic (exact) mass is 379 g/mol. The second kappa shape index (κ2) is 9.90. The van der Waals surface area contributed by atoms with Crippen LogP contribution < -0.4 is 5.32 Å². The van der Waals surface area contributed by atoms with Gasteiger partial charge in [0, 0.05) is 31.4 Å². The van der Waals surface area contributed by atoms with Gasteiger partial charge in [-0.1, -0.05) is 20.8 Å². The summed E-state index contributed by atoms with van der Waals surface area (Å²) in [5.74, 6) is -0.0513. The molecule has 0 aromatic carbocycles. The highest BCUT2D eigenvalue weighted by molar-refractivity contribution is 6.00. The molecule has 1 fully saturated rings. The van der Waals surface area contributed by atoms with E-state index in [1.165, 1.54) is 7.11 Å². The fourth-order valence-electron chi connectivity index (χ4n) is 3.68. The quantitative estimate of drug-likeness (QED) is 0.676. The maximum atomic E-state index is 12.8. The standard InChI is InChI=1S/C20H33N3O4/c1-6-16-17(20(25)26-5)14(4)18(22-16)19(24)21-12-15(11-13(2)3)23-7-9-27-10-8-23/h13,15,22H,6-12H2,1-5H3,(H,21,24)/t15-/m1/s1. The molecule has 7 heteroatoms. The molecule has 2 rings (SSSR count). The summed E-state index contributed by atoms with van der Waals surface area (Å²) in [6.45, 7) is 11.9. The van der Waals surface area contributed by atoms with E-state index in [0.717, 1.165) is 38.4 Å². The van der Waals surface area contributed by atoms with Crippen LogP contribution in [0.1, 0.15) is 59.3 Å². The molecule has 1 atom stereocenters. The van der Waals surface area contributed by atoms with Crippen LogP contribution in [0.25, 0.3) is 0 Å². The van der Waals surface area contributed by atoms with Crippen LogP contribution in [0.3, 0.4) is 0 Å². The van der Waals surface area contributed by atoms with Crippen molar-refractivity contribution in [1.82, 2.24) is 15.2 Å². The number of morpholine rings is 1. The van der Waals surface area contributed by atoms with Crippen molar-refractivity contribution in [3.63, 3.8) is 0 Å². The Morgan fingerprint density at radius 1 is 1.30 bits per heavy atom. The van der Waals surface area contributed by atoms with Crippen LogP contribution in [0, 0.1) is 12.8 Å². The van der Waals surface area contributed by atoms with Gasteiger partial charge < -0.3 is 19.8 Å². The third-order valence-corrected chi connectivity index (χ3v) is 5.10. The number of aryl methyl sites for hydroxylation is 1. The lowest BCUT2D eigenvalue weighted by atomic mass is 10.0. The second-order valence-corrected chi connectivity index (χ2v) is 7.47. The molecule has 0 bridgehead atoms. The van der Waals surface area contributed by atoms with Crippen LogP contribution >= 0.6 is 0 Å². The first kappa shape index (κ1) is 21.4. The Bertz CT molecular complexity index is 648. The molecule has 2 N–H and O–H groups in total. The number of amides is 1. The average Bonchev–Trinajstić information content (AvgIpc) is 3.01. The minimum Gasteiger partial charge on any atom is -0.465 e. The Morgan fingerprint density at radius 2 is 1.96 bits per heavy atom. The van der Waals surface area contributed by atoms with Gasteiger partial charge in [-0.2, -0.15) is 0 Å². The van der Waals surface area contributed by atoms with Crippen LogP contribution in [0.5, 0.6) is 0 Å². The first-order chi connectivity index (χ1) is 12.9. The number of aromatic amines is 1. The number of aromatic nitrogens is 1. The Hall–Kier alpha value is -1.86. The van der Waals surface area contributed by atoms with E-state index in [9.17, 15) is 9.59 Å². The smallest absolute Gasteiger partial charge is 0.339 e. The van der Waals surface area contributed by atoms with Gasteiger partial charge in [-0.3, -0.25) is 9.69 Å². The molecule has 27 heavy (non-hydrogen) atoms. The van der Waals surface area contributed by atoms with Crippen LogP contribution in [0.15, 0.2) is 0 Å². The lowest BCUT2D eigenvalue weighted by molar-refractivity contribution is 0.0124. The van der Waals surface area contributed by atoms with E-state index < -0.39 is 5.97 Å². The number of nitrogens with zero attached hydrogens (tertiary/aromatic N) is 1. The van der Waals surface area contributed by atoms with E-state index in [4.69, 9.17) is 9.47 Å². The molecule has 0 aliphatic carbocycles. The van der Waals surface area contributed by atoms with Crippen molar-refractivity contribution in [3.05, 3.63) is 22.5 Å². The first-order valence-electron chi connectivity index (χ1n) is 9.78. The van der Waals surface area contributed by atoms with Crippen LogP contribution in [0.2, 0.25) is 0 Å². The van der Waals surface area contributed by atoms with Gasteiger partial charge >= 0.3 is 5.97 Å². The van der Waals surface area contributed by atoms with E-state index in [1.54, 1.807) is 6.92 Å². The minimum atomic E-state index is -0.411. The zero-order valence-electron chi connectivity index (χ0n) is 17.2. The average molecular weight is 380 g/mol. The molecule has 1 aliphatic rings. The Labute approximate surface area is 161 Å². The fraction of sp³-hybridized carbons (Fsp3) is 0.700. The predicted octanol–water partition coefficient (Wildman–Crippen LogP) is 2.15. The molecule has 1 aromatic rings. The third kappa shape index (κ3) is 5.32. The van der Waals surface area contributed by atoms with Crippen molar-refractivity contribution in [2.45, 2.75) is 46.6 Å². The topological polar surface area (TPSA) is 83.7 Å². The van der Waals surface area contributed by atoms with Crippen molar-refractivity contribution in [1.29, 1.82) is 0 Å². The molecular weight excluding hydrogens is 346 g/mol. The van der Waals surface area contributed by atoms with E-state index >= 15 is 0 Å². The predicted molar refractivity (Wildman–Crippen MR) is 104 cm³/mol. The van der Waals surface area contributed by atoms with Crippen molar-refractivity contribution in [3.8, 4) is 0 Å². The van der Waals surface area contributed by atoms with Crippen molar-refractivity contribution in [2.75, 3.05) is 40.0 Å². The SMILES string of the molecule is CCc1[nH]c(C(=O)NC[C@@H](CC(C)C)N2CCOCC2)c(C)c1C(=O)OC. The molecule has 0 spiro atoms. The molecule has 1 aliphatic heterocycles. The normalized spacial score (nSPS) is 16.4. The highest BCUT2D eigenvalue weighted by atomic mass is 16.5. The highest BCUT2D eigenvalue weighted by Gasteiger charge is 2.26.